The second-order valence-electron chi connectivity index (χ2n) is 7.64. The molecule has 0 radical (unpaired) electrons. The third kappa shape index (κ3) is 4.11. The largest absolute Gasteiger partial charge is 0.481 e. The summed E-state index contributed by atoms with van der Waals surface area (Å²) < 4.78 is 79.6. The van der Waals surface area contributed by atoms with E-state index >= 15 is 0 Å². The highest BCUT2D eigenvalue weighted by Gasteiger charge is 2.34. The number of benzene rings is 2. The second kappa shape index (κ2) is 7.80. The molecular formula is C21H17F4NO4S2. The van der Waals surface area contributed by atoms with E-state index in [0.29, 0.717) is 34.0 Å². The fourth-order valence-electron chi connectivity index (χ4n) is 4.09. The van der Waals surface area contributed by atoms with Crippen molar-refractivity contribution in [3.8, 4) is 0 Å². The number of aliphatic carboxylic acids is 1. The van der Waals surface area contributed by atoms with Crippen LogP contribution in [0, 0.1) is 5.82 Å². The summed E-state index contributed by atoms with van der Waals surface area (Å²) in [4.78, 5) is 12.0. The van der Waals surface area contributed by atoms with Crippen LogP contribution in [0.1, 0.15) is 30.0 Å². The number of nitrogens with zero attached hydrogens (tertiary/aromatic N) is 1. The molecule has 1 N–H and O–H groups in total. The fraction of sp³-hybridized carbons (Fsp3) is 0.286. The molecule has 32 heavy (non-hydrogen) atoms. The summed E-state index contributed by atoms with van der Waals surface area (Å²) in [5.74, 6) is -2.22. The minimum atomic E-state index is -4.50. The van der Waals surface area contributed by atoms with Gasteiger partial charge in [-0.1, -0.05) is 11.8 Å². The number of aromatic nitrogens is 1. The van der Waals surface area contributed by atoms with Crippen molar-refractivity contribution in [1.82, 2.24) is 4.57 Å². The van der Waals surface area contributed by atoms with Crippen LogP contribution in [-0.2, 0) is 27.4 Å². The molecule has 0 spiro atoms. The smallest absolute Gasteiger partial charge is 0.416 e. The van der Waals surface area contributed by atoms with Gasteiger partial charge in [0, 0.05) is 39.6 Å². The Morgan fingerprint density at radius 1 is 1.22 bits per heavy atom. The van der Waals surface area contributed by atoms with Crippen molar-refractivity contribution in [3.63, 3.8) is 0 Å². The molecule has 0 fully saturated rings. The van der Waals surface area contributed by atoms with Gasteiger partial charge in [-0.25, -0.2) is 12.8 Å². The van der Waals surface area contributed by atoms with Crippen molar-refractivity contribution in [2.45, 2.75) is 46.2 Å². The molecule has 2 aromatic carbocycles. The summed E-state index contributed by atoms with van der Waals surface area (Å²) in [6.45, 7) is 0.379. The van der Waals surface area contributed by atoms with Gasteiger partial charge in [-0.2, -0.15) is 13.2 Å². The van der Waals surface area contributed by atoms with Crippen LogP contribution in [0.25, 0.3) is 10.9 Å². The number of aryl methyl sites for hydroxylation is 1. The molecule has 0 saturated heterocycles. The molecular weight excluding hydrogens is 470 g/mol. The number of hydrogen-bond acceptors (Lipinski definition) is 4. The van der Waals surface area contributed by atoms with Crippen LogP contribution in [0.5, 0.6) is 0 Å². The molecule has 4 rings (SSSR count). The van der Waals surface area contributed by atoms with E-state index in [1.165, 1.54) is 18.2 Å². The van der Waals surface area contributed by atoms with Crippen LogP contribution in [0.4, 0.5) is 17.6 Å². The number of alkyl halides is 3. The zero-order valence-corrected chi connectivity index (χ0v) is 18.2. The summed E-state index contributed by atoms with van der Waals surface area (Å²) in [5, 5.41) is 9.56. The Morgan fingerprint density at radius 2 is 1.88 bits per heavy atom. The molecule has 1 aliphatic heterocycles. The van der Waals surface area contributed by atoms with E-state index in [-0.39, 0.29) is 16.7 Å². The average Bonchev–Trinajstić information content (AvgIpc) is 3.19. The first-order valence-electron chi connectivity index (χ1n) is 9.49. The fourth-order valence-corrected chi connectivity index (χ4v) is 6.27. The molecule has 170 valence electrons. The van der Waals surface area contributed by atoms with Gasteiger partial charge in [0.2, 0.25) is 0 Å². The van der Waals surface area contributed by atoms with E-state index in [4.69, 9.17) is 0 Å². The number of carboxylic acids is 1. The lowest BCUT2D eigenvalue weighted by Gasteiger charge is -2.12. The molecule has 2 heterocycles. The highest BCUT2D eigenvalue weighted by atomic mass is 32.2. The quantitative estimate of drug-likeness (QED) is 0.494. The molecule has 0 aliphatic carbocycles. The highest BCUT2D eigenvalue weighted by Crippen LogP contribution is 2.48. The van der Waals surface area contributed by atoms with Gasteiger partial charge in [-0.05, 0) is 42.8 Å². The first-order valence-corrected chi connectivity index (χ1v) is 12.2. The topological polar surface area (TPSA) is 76.4 Å². The van der Waals surface area contributed by atoms with Crippen LogP contribution in [-0.4, -0.2) is 30.3 Å². The number of fused-ring (bicyclic) bond motifs is 3. The van der Waals surface area contributed by atoms with Gasteiger partial charge in [0.15, 0.2) is 9.84 Å². The van der Waals surface area contributed by atoms with Crippen molar-refractivity contribution in [2.75, 3.05) is 6.26 Å². The molecule has 1 aromatic heterocycles. The SMILES string of the molecule is CS(=O)(=O)c1cc(F)cc2c1c(Sc1ccc(C(F)(F)F)cc1)c1n2CC[C@@H]1CC(=O)O. The van der Waals surface area contributed by atoms with E-state index in [1.807, 2.05) is 0 Å². The maximum atomic E-state index is 14.3. The lowest BCUT2D eigenvalue weighted by molar-refractivity contribution is -0.138. The zero-order chi connectivity index (χ0) is 23.4. The van der Waals surface area contributed by atoms with Crippen molar-refractivity contribution >= 4 is 38.5 Å². The maximum Gasteiger partial charge on any atom is 0.416 e. The summed E-state index contributed by atoms with van der Waals surface area (Å²) in [6.07, 6.45) is -3.28. The lowest BCUT2D eigenvalue weighted by Crippen LogP contribution is -2.05. The van der Waals surface area contributed by atoms with E-state index in [0.717, 1.165) is 36.2 Å². The van der Waals surface area contributed by atoms with E-state index in [2.05, 4.69) is 0 Å². The molecule has 0 bridgehead atoms. The van der Waals surface area contributed by atoms with Gasteiger partial charge < -0.3 is 9.67 Å². The first kappa shape index (κ1) is 22.7. The average molecular weight is 487 g/mol. The van der Waals surface area contributed by atoms with Crippen LogP contribution in [0.3, 0.4) is 0 Å². The molecule has 11 heteroatoms. The monoisotopic (exact) mass is 487 g/mol. The summed E-state index contributed by atoms with van der Waals surface area (Å²) in [7, 11) is -3.85. The van der Waals surface area contributed by atoms with Crippen molar-refractivity contribution in [2.24, 2.45) is 0 Å². The Kier molecular flexibility index (Phi) is 5.52. The molecule has 5 nitrogen and oxygen atoms in total. The third-order valence-electron chi connectivity index (χ3n) is 5.40. The van der Waals surface area contributed by atoms with Crippen molar-refractivity contribution in [1.29, 1.82) is 0 Å². The molecule has 0 saturated carbocycles. The normalized spacial score (nSPS) is 16.5. The lowest BCUT2D eigenvalue weighted by atomic mass is 10.0. The van der Waals surface area contributed by atoms with Crippen molar-refractivity contribution in [3.05, 3.63) is 53.5 Å². The molecule has 3 aromatic rings. The van der Waals surface area contributed by atoms with Gasteiger partial charge in [0.25, 0.3) is 0 Å². The van der Waals surface area contributed by atoms with Gasteiger partial charge >= 0.3 is 12.1 Å². The third-order valence-corrected chi connectivity index (χ3v) is 7.64. The Morgan fingerprint density at radius 3 is 2.44 bits per heavy atom. The Hall–Kier alpha value is -2.53. The Labute approximate surface area is 185 Å². The number of halogens is 4. The Balaban J connectivity index is 1.94. The molecule has 0 amide bonds. The molecule has 1 aliphatic rings. The number of carbonyl (C=O) groups is 1. The van der Waals surface area contributed by atoms with Gasteiger partial charge in [-0.15, -0.1) is 0 Å². The minimum absolute atomic E-state index is 0.201. The van der Waals surface area contributed by atoms with Gasteiger partial charge in [-0.3, -0.25) is 4.79 Å². The number of carboxylic acid groups (broad SMARTS) is 1. The number of rotatable bonds is 5. The summed E-state index contributed by atoms with van der Waals surface area (Å²) >= 11 is 1.05. The predicted molar refractivity (Wildman–Crippen MR) is 110 cm³/mol. The van der Waals surface area contributed by atoms with E-state index < -0.39 is 39.3 Å². The molecule has 0 unspecified atom stereocenters. The van der Waals surface area contributed by atoms with Crippen LogP contribution in [0.15, 0.2) is 51.1 Å². The van der Waals surface area contributed by atoms with Crippen LogP contribution in [0.2, 0.25) is 0 Å². The van der Waals surface area contributed by atoms with Crippen LogP contribution >= 0.6 is 11.8 Å². The van der Waals surface area contributed by atoms with Gasteiger partial charge in [0.1, 0.15) is 5.82 Å². The predicted octanol–water partition coefficient (Wildman–Crippen LogP) is 5.32. The van der Waals surface area contributed by atoms with E-state index in [9.17, 15) is 35.9 Å². The summed E-state index contributed by atoms with van der Waals surface area (Å²) in [5.41, 5.74) is 0.0574. The minimum Gasteiger partial charge on any atom is -0.481 e. The number of sulfone groups is 1. The maximum absolute atomic E-state index is 14.3. The van der Waals surface area contributed by atoms with Crippen LogP contribution < -0.4 is 0 Å². The Bertz CT molecular complexity index is 1330. The standard InChI is InChI=1S/C21H17F4NO4S2/c1-32(29,30)16-10-13(22)9-15-18(16)20(19-11(8-17(27)28)6-7-26(15)19)31-14-4-2-12(3-5-14)21(23,24)25/h2-5,9-11H,6-8H2,1H3,(H,27,28)/t11-/m1/s1. The first-order chi connectivity index (χ1) is 14.9. The van der Waals surface area contributed by atoms with Crippen molar-refractivity contribution < 1.29 is 35.9 Å². The summed E-state index contributed by atoms with van der Waals surface area (Å²) in [6, 6.07) is 6.51. The molecule has 1 atom stereocenters. The second-order valence-corrected chi connectivity index (χ2v) is 10.7. The number of hydrogen-bond donors (Lipinski definition) is 1. The van der Waals surface area contributed by atoms with E-state index in [1.54, 1.807) is 4.57 Å². The van der Waals surface area contributed by atoms with Gasteiger partial charge in [0.05, 0.1) is 22.4 Å². The highest BCUT2D eigenvalue weighted by molar-refractivity contribution is 7.99. The zero-order valence-electron chi connectivity index (χ0n) is 16.6.